The zero-order chi connectivity index (χ0) is 15.6. The van der Waals surface area contributed by atoms with Gasteiger partial charge in [0.1, 0.15) is 6.20 Å². The molecule has 5 nitrogen and oxygen atoms in total. The third-order valence-corrected chi connectivity index (χ3v) is 4.41. The highest BCUT2D eigenvalue weighted by molar-refractivity contribution is 9.10. The van der Waals surface area contributed by atoms with Gasteiger partial charge in [-0.1, -0.05) is 22.9 Å². The van der Waals surface area contributed by atoms with Gasteiger partial charge in [-0.15, -0.1) is 0 Å². The van der Waals surface area contributed by atoms with E-state index in [0.717, 1.165) is 27.4 Å². The molecule has 2 unspecified atom stereocenters. The maximum absolute atomic E-state index is 11.4. The van der Waals surface area contributed by atoms with Gasteiger partial charge in [-0.05, 0) is 38.6 Å². The summed E-state index contributed by atoms with van der Waals surface area (Å²) in [4.78, 5) is 15.3. The van der Waals surface area contributed by atoms with Gasteiger partial charge in [-0.2, -0.15) is 0 Å². The first-order valence-corrected chi connectivity index (χ1v) is 7.68. The van der Waals surface area contributed by atoms with Crippen molar-refractivity contribution in [1.82, 2.24) is 10.3 Å². The van der Waals surface area contributed by atoms with Crippen molar-refractivity contribution in [3.8, 4) is 0 Å². The van der Waals surface area contributed by atoms with Gasteiger partial charge in [0, 0.05) is 27.4 Å². The lowest BCUT2D eigenvalue weighted by Crippen LogP contribution is -2.29. The molecule has 1 aromatic heterocycles. The fourth-order valence-corrected chi connectivity index (χ4v) is 3.08. The second-order valence-electron chi connectivity index (χ2n) is 5.07. The molecule has 0 aliphatic heterocycles. The van der Waals surface area contributed by atoms with Crippen LogP contribution in [0.1, 0.15) is 31.7 Å². The first-order valence-electron chi connectivity index (χ1n) is 6.89. The average Bonchev–Trinajstić information content (AvgIpc) is 2.47. The van der Waals surface area contributed by atoms with Crippen LogP contribution in [0, 0.1) is 10.1 Å². The summed E-state index contributed by atoms with van der Waals surface area (Å²) in [5.74, 6) is 0.0511. The molecule has 0 spiro atoms. The Labute approximate surface area is 132 Å². The highest BCUT2D eigenvalue weighted by atomic mass is 79.9. The molecule has 2 aromatic rings. The third kappa shape index (κ3) is 3.06. The van der Waals surface area contributed by atoms with Crippen LogP contribution in [0.4, 0.5) is 5.69 Å². The van der Waals surface area contributed by atoms with Crippen molar-refractivity contribution in [3.63, 3.8) is 0 Å². The molecule has 1 N–H and O–H groups in total. The highest BCUT2D eigenvalue weighted by Crippen LogP contribution is 2.37. The van der Waals surface area contributed by atoms with Crippen LogP contribution in [-0.2, 0) is 0 Å². The number of hydrogen-bond donors (Lipinski definition) is 1. The highest BCUT2D eigenvalue weighted by Gasteiger charge is 2.27. The number of halogens is 1. The number of fused-ring (bicyclic) bond motifs is 1. The molecule has 21 heavy (non-hydrogen) atoms. The summed E-state index contributed by atoms with van der Waals surface area (Å²) in [6.45, 7) is 4.09. The van der Waals surface area contributed by atoms with E-state index in [1.54, 1.807) is 0 Å². The van der Waals surface area contributed by atoms with Crippen LogP contribution in [-0.4, -0.2) is 23.0 Å². The minimum absolute atomic E-state index is 0.0511. The summed E-state index contributed by atoms with van der Waals surface area (Å²) in [6.07, 6.45) is 2.19. The molecule has 2 atom stereocenters. The molecule has 0 amide bonds. The standard InChI is InChI=1S/C15H18BrN3O2/c1-4-11(9(2)17-3)15-12-7-10(16)5-6-13(12)18-8-14(15)19(20)21/h5-9,11,17H,4H2,1-3H3. The first kappa shape index (κ1) is 15.9. The van der Waals surface area contributed by atoms with Gasteiger partial charge in [0.15, 0.2) is 0 Å². The summed E-state index contributed by atoms with van der Waals surface area (Å²) in [7, 11) is 1.87. The zero-order valence-corrected chi connectivity index (χ0v) is 13.8. The fourth-order valence-electron chi connectivity index (χ4n) is 2.72. The Morgan fingerprint density at radius 1 is 1.48 bits per heavy atom. The second kappa shape index (κ2) is 6.49. The Hall–Kier alpha value is -1.53. The maximum atomic E-state index is 11.4. The van der Waals surface area contributed by atoms with E-state index in [1.165, 1.54) is 6.20 Å². The number of nitrogens with zero attached hydrogens (tertiary/aromatic N) is 2. The molecule has 6 heteroatoms. The summed E-state index contributed by atoms with van der Waals surface area (Å²) in [5.41, 5.74) is 1.63. The van der Waals surface area contributed by atoms with Crippen LogP contribution in [0.5, 0.6) is 0 Å². The Balaban J connectivity index is 2.79. The van der Waals surface area contributed by atoms with Crippen LogP contribution in [0.3, 0.4) is 0 Å². The molecule has 0 radical (unpaired) electrons. The normalized spacial score (nSPS) is 14.1. The maximum Gasteiger partial charge on any atom is 0.291 e. The van der Waals surface area contributed by atoms with Crippen molar-refractivity contribution in [3.05, 3.63) is 44.5 Å². The lowest BCUT2D eigenvalue weighted by atomic mass is 9.87. The van der Waals surface area contributed by atoms with Crippen LogP contribution in [0.25, 0.3) is 10.9 Å². The third-order valence-electron chi connectivity index (χ3n) is 3.92. The van der Waals surface area contributed by atoms with Gasteiger partial charge in [-0.25, -0.2) is 4.98 Å². The Morgan fingerprint density at radius 3 is 2.76 bits per heavy atom. The van der Waals surface area contributed by atoms with E-state index < -0.39 is 0 Å². The van der Waals surface area contributed by atoms with Crippen LogP contribution < -0.4 is 5.32 Å². The van der Waals surface area contributed by atoms with E-state index in [0.29, 0.717) is 0 Å². The largest absolute Gasteiger partial charge is 0.317 e. The van der Waals surface area contributed by atoms with E-state index in [1.807, 2.05) is 39.1 Å². The Kier molecular flexibility index (Phi) is 4.90. The number of likely N-dealkylation sites (N-methyl/N-ethyl adjacent to an activating group) is 1. The predicted octanol–water partition coefficient (Wildman–Crippen LogP) is 4.01. The average molecular weight is 352 g/mol. The molecule has 112 valence electrons. The lowest BCUT2D eigenvalue weighted by molar-refractivity contribution is -0.385. The van der Waals surface area contributed by atoms with Gasteiger partial charge in [0.2, 0.25) is 0 Å². The number of aromatic nitrogens is 1. The second-order valence-corrected chi connectivity index (χ2v) is 5.98. The number of pyridine rings is 1. The van der Waals surface area contributed by atoms with Crippen molar-refractivity contribution in [2.75, 3.05) is 7.05 Å². The molecule has 0 saturated heterocycles. The van der Waals surface area contributed by atoms with Crippen molar-refractivity contribution >= 4 is 32.5 Å². The number of benzene rings is 1. The number of rotatable bonds is 5. The van der Waals surface area contributed by atoms with Gasteiger partial charge >= 0.3 is 0 Å². The van der Waals surface area contributed by atoms with Gasteiger partial charge in [0.05, 0.1) is 10.4 Å². The molecule has 0 aliphatic rings. The molecule has 0 saturated carbocycles. The molecule has 0 aliphatic carbocycles. The van der Waals surface area contributed by atoms with E-state index in [4.69, 9.17) is 0 Å². The minimum Gasteiger partial charge on any atom is -0.317 e. The number of nitro groups is 1. The topological polar surface area (TPSA) is 68.1 Å². The smallest absolute Gasteiger partial charge is 0.291 e. The van der Waals surface area contributed by atoms with E-state index in [-0.39, 0.29) is 22.6 Å². The summed E-state index contributed by atoms with van der Waals surface area (Å²) < 4.78 is 0.894. The summed E-state index contributed by atoms with van der Waals surface area (Å²) >= 11 is 3.44. The Morgan fingerprint density at radius 2 is 2.19 bits per heavy atom. The van der Waals surface area contributed by atoms with E-state index in [2.05, 4.69) is 26.2 Å². The molecule has 0 fully saturated rings. The SMILES string of the molecule is CCC(c1c([N+](=O)[O-])cnc2ccc(Br)cc12)C(C)NC. The Bertz CT molecular complexity index is 675. The first-order chi connectivity index (χ1) is 9.99. The predicted molar refractivity (Wildman–Crippen MR) is 87.7 cm³/mol. The molecule has 1 aromatic carbocycles. The van der Waals surface area contributed by atoms with Gasteiger partial charge in [0.25, 0.3) is 5.69 Å². The van der Waals surface area contributed by atoms with Crippen LogP contribution in [0.15, 0.2) is 28.9 Å². The monoisotopic (exact) mass is 351 g/mol. The summed E-state index contributed by atoms with van der Waals surface area (Å²) in [6, 6.07) is 5.82. The van der Waals surface area contributed by atoms with E-state index >= 15 is 0 Å². The van der Waals surface area contributed by atoms with Crippen molar-refractivity contribution in [2.24, 2.45) is 0 Å². The number of hydrogen-bond acceptors (Lipinski definition) is 4. The van der Waals surface area contributed by atoms with Crippen molar-refractivity contribution < 1.29 is 4.92 Å². The summed E-state index contributed by atoms with van der Waals surface area (Å²) in [5, 5.41) is 15.5. The van der Waals surface area contributed by atoms with Gasteiger partial charge < -0.3 is 5.32 Å². The van der Waals surface area contributed by atoms with E-state index in [9.17, 15) is 10.1 Å². The number of nitrogens with one attached hydrogen (secondary N) is 1. The van der Waals surface area contributed by atoms with Crippen molar-refractivity contribution in [1.29, 1.82) is 0 Å². The molecule has 2 rings (SSSR count). The minimum atomic E-state index is -0.340. The van der Waals surface area contributed by atoms with Crippen molar-refractivity contribution in [2.45, 2.75) is 32.2 Å². The molecule has 1 heterocycles. The fraction of sp³-hybridized carbons (Fsp3) is 0.400. The molecule has 0 bridgehead atoms. The molecular formula is C15H18BrN3O2. The quantitative estimate of drug-likeness (QED) is 0.652. The van der Waals surface area contributed by atoms with Gasteiger partial charge in [-0.3, -0.25) is 10.1 Å². The van der Waals surface area contributed by atoms with Crippen LogP contribution in [0.2, 0.25) is 0 Å². The lowest BCUT2D eigenvalue weighted by Gasteiger charge is -2.23. The van der Waals surface area contributed by atoms with Crippen LogP contribution >= 0.6 is 15.9 Å². The zero-order valence-electron chi connectivity index (χ0n) is 12.3. The molecular weight excluding hydrogens is 334 g/mol.